The van der Waals surface area contributed by atoms with Crippen molar-refractivity contribution in [2.75, 3.05) is 19.0 Å². The van der Waals surface area contributed by atoms with Crippen LogP contribution in [0.2, 0.25) is 5.02 Å². The topological polar surface area (TPSA) is 73.1 Å². The zero-order valence-electron chi connectivity index (χ0n) is 11.6. The van der Waals surface area contributed by atoms with Gasteiger partial charge in [-0.3, -0.25) is 0 Å². The van der Waals surface area contributed by atoms with Crippen LogP contribution in [0.5, 0.6) is 6.01 Å². The zero-order valence-corrected chi connectivity index (χ0v) is 12.3. The number of rotatable bonds is 4. The van der Waals surface area contributed by atoms with E-state index < -0.39 is 0 Å². The molecular formula is C14H13ClN4O2. The van der Waals surface area contributed by atoms with Crippen LogP contribution in [0, 0.1) is 0 Å². The number of hydrogen-bond acceptors (Lipinski definition) is 6. The Kier molecular flexibility index (Phi) is 3.62. The van der Waals surface area contributed by atoms with Crippen LogP contribution in [0.3, 0.4) is 0 Å². The van der Waals surface area contributed by atoms with Crippen LogP contribution in [-0.4, -0.2) is 28.6 Å². The molecular weight excluding hydrogens is 292 g/mol. The monoisotopic (exact) mass is 304 g/mol. The number of aromatic nitrogens is 3. The highest BCUT2D eigenvalue weighted by molar-refractivity contribution is 6.34. The fourth-order valence-corrected chi connectivity index (χ4v) is 2.13. The number of fused-ring (bicyclic) bond motifs is 1. The number of hydrogen-bond donors (Lipinski definition) is 1. The van der Waals surface area contributed by atoms with Crippen molar-refractivity contribution >= 4 is 28.5 Å². The number of para-hydroxylation sites is 1. The lowest BCUT2D eigenvalue weighted by atomic mass is 10.2. The molecule has 0 spiro atoms. The lowest BCUT2D eigenvalue weighted by molar-refractivity contribution is 0.312. The summed E-state index contributed by atoms with van der Waals surface area (Å²) < 4.78 is 11.1. The lowest BCUT2D eigenvalue weighted by Crippen LogP contribution is -2.04. The van der Waals surface area contributed by atoms with Crippen molar-refractivity contribution in [1.82, 2.24) is 15.0 Å². The molecule has 2 heterocycles. The van der Waals surface area contributed by atoms with Gasteiger partial charge in [0.1, 0.15) is 0 Å². The smallest absolute Gasteiger partial charge is 0.321 e. The van der Waals surface area contributed by atoms with Crippen LogP contribution < -0.4 is 10.1 Å². The summed E-state index contributed by atoms with van der Waals surface area (Å²) in [5.41, 5.74) is 0.610. The van der Waals surface area contributed by atoms with E-state index in [1.54, 1.807) is 13.1 Å². The second-order valence-electron chi connectivity index (χ2n) is 4.22. The first-order chi connectivity index (χ1) is 10.2. The average Bonchev–Trinajstić information content (AvgIpc) is 2.93. The fraction of sp³-hybridized carbons (Fsp3) is 0.214. The van der Waals surface area contributed by atoms with Crippen molar-refractivity contribution in [2.45, 2.75) is 6.92 Å². The van der Waals surface area contributed by atoms with E-state index in [0.717, 1.165) is 5.39 Å². The number of ether oxygens (including phenoxy) is 1. The second kappa shape index (κ2) is 5.57. The van der Waals surface area contributed by atoms with Crippen molar-refractivity contribution in [3.05, 3.63) is 29.3 Å². The highest BCUT2D eigenvalue weighted by atomic mass is 35.5. The predicted molar refractivity (Wildman–Crippen MR) is 80.8 cm³/mol. The molecule has 2 aromatic heterocycles. The van der Waals surface area contributed by atoms with E-state index in [1.165, 1.54) is 0 Å². The largest absolute Gasteiger partial charge is 0.464 e. The number of furan rings is 1. The van der Waals surface area contributed by atoms with Crippen LogP contribution in [0.4, 0.5) is 5.95 Å². The maximum absolute atomic E-state index is 6.11. The van der Waals surface area contributed by atoms with Gasteiger partial charge in [-0.05, 0) is 19.1 Å². The molecule has 3 rings (SSSR count). The Balaban J connectivity index is 2.12. The minimum absolute atomic E-state index is 0.249. The first-order valence-corrected chi connectivity index (χ1v) is 6.84. The van der Waals surface area contributed by atoms with Crippen molar-refractivity contribution in [2.24, 2.45) is 0 Å². The van der Waals surface area contributed by atoms with Gasteiger partial charge in [-0.2, -0.15) is 15.0 Å². The zero-order chi connectivity index (χ0) is 14.8. The molecule has 0 unspecified atom stereocenters. The van der Waals surface area contributed by atoms with Crippen molar-refractivity contribution < 1.29 is 9.15 Å². The highest BCUT2D eigenvalue weighted by Gasteiger charge is 2.14. The Morgan fingerprint density at radius 1 is 1.29 bits per heavy atom. The molecule has 0 aliphatic heterocycles. The first-order valence-electron chi connectivity index (χ1n) is 6.46. The predicted octanol–water partition coefficient (Wildman–Crippen LogP) is 3.38. The number of nitrogens with one attached hydrogen (secondary N) is 1. The number of halogens is 1. The number of benzene rings is 1. The highest BCUT2D eigenvalue weighted by Crippen LogP contribution is 2.31. The lowest BCUT2D eigenvalue weighted by Gasteiger charge is -2.05. The molecule has 0 aliphatic rings. The Bertz CT molecular complexity index is 788. The van der Waals surface area contributed by atoms with Gasteiger partial charge in [-0.15, -0.1) is 0 Å². The van der Waals surface area contributed by atoms with Gasteiger partial charge in [0.05, 0.1) is 11.6 Å². The first kappa shape index (κ1) is 13.6. The number of nitrogens with zero attached hydrogens (tertiary/aromatic N) is 3. The third-order valence-corrected chi connectivity index (χ3v) is 3.13. The molecule has 0 bridgehead atoms. The summed E-state index contributed by atoms with van der Waals surface area (Å²) in [6.45, 7) is 2.34. The van der Waals surface area contributed by atoms with E-state index in [0.29, 0.717) is 34.7 Å². The third-order valence-electron chi connectivity index (χ3n) is 2.83. The summed E-state index contributed by atoms with van der Waals surface area (Å²) in [5.74, 6) is 1.32. The molecule has 0 saturated carbocycles. The van der Waals surface area contributed by atoms with E-state index in [1.807, 2.05) is 25.1 Å². The van der Waals surface area contributed by atoms with Crippen LogP contribution in [-0.2, 0) is 0 Å². The summed E-state index contributed by atoms with van der Waals surface area (Å²) in [5, 5.41) is 4.31. The van der Waals surface area contributed by atoms with Gasteiger partial charge in [-0.1, -0.05) is 23.7 Å². The minimum Gasteiger partial charge on any atom is -0.464 e. The summed E-state index contributed by atoms with van der Waals surface area (Å²) in [4.78, 5) is 12.6. The average molecular weight is 305 g/mol. The number of anilines is 1. The van der Waals surface area contributed by atoms with Gasteiger partial charge in [0.25, 0.3) is 0 Å². The summed E-state index contributed by atoms with van der Waals surface area (Å²) in [6.07, 6.45) is 0. The van der Waals surface area contributed by atoms with Gasteiger partial charge in [0.15, 0.2) is 11.3 Å². The van der Waals surface area contributed by atoms with E-state index in [2.05, 4.69) is 20.3 Å². The normalized spacial score (nSPS) is 10.8. The Hall–Kier alpha value is -2.34. The minimum atomic E-state index is 0.249. The Morgan fingerprint density at radius 3 is 2.86 bits per heavy atom. The fourth-order valence-electron chi connectivity index (χ4n) is 1.91. The molecule has 1 N–H and O–H groups in total. The summed E-state index contributed by atoms with van der Waals surface area (Å²) in [6, 6.07) is 7.64. The van der Waals surface area contributed by atoms with Gasteiger partial charge in [0, 0.05) is 12.4 Å². The SMILES string of the molecule is CCOc1nc(NC)nc(-c2cc3cccc(Cl)c3o2)n1. The molecule has 21 heavy (non-hydrogen) atoms. The quantitative estimate of drug-likeness (QED) is 0.796. The van der Waals surface area contributed by atoms with Crippen LogP contribution in [0.1, 0.15) is 6.92 Å². The van der Waals surface area contributed by atoms with Crippen LogP contribution in [0.25, 0.3) is 22.6 Å². The summed E-state index contributed by atoms with van der Waals surface area (Å²) in [7, 11) is 1.73. The van der Waals surface area contributed by atoms with Gasteiger partial charge >= 0.3 is 6.01 Å². The van der Waals surface area contributed by atoms with Crippen molar-refractivity contribution in [1.29, 1.82) is 0 Å². The molecule has 0 fully saturated rings. The molecule has 108 valence electrons. The maximum Gasteiger partial charge on any atom is 0.321 e. The molecule has 6 nitrogen and oxygen atoms in total. The van der Waals surface area contributed by atoms with Crippen molar-refractivity contribution in [3.63, 3.8) is 0 Å². The molecule has 0 atom stereocenters. The molecule has 0 amide bonds. The molecule has 3 aromatic rings. The van der Waals surface area contributed by atoms with Crippen LogP contribution >= 0.6 is 11.6 Å². The Labute approximate surface area is 126 Å². The molecule has 0 radical (unpaired) electrons. The van der Waals surface area contributed by atoms with Gasteiger partial charge < -0.3 is 14.5 Å². The molecule has 7 heteroatoms. The molecule has 1 aromatic carbocycles. The van der Waals surface area contributed by atoms with E-state index in [-0.39, 0.29) is 6.01 Å². The third kappa shape index (κ3) is 2.62. The van der Waals surface area contributed by atoms with E-state index in [4.69, 9.17) is 20.8 Å². The van der Waals surface area contributed by atoms with Crippen molar-refractivity contribution in [3.8, 4) is 17.6 Å². The molecule has 0 aliphatic carbocycles. The second-order valence-corrected chi connectivity index (χ2v) is 4.62. The maximum atomic E-state index is 6.11. The Morgan fingerprint density at radius 2 is 2.14 bits per heavy atom. The van der Waals surface area contributed by atoms with E-state index in [9.17, 15) is 0 Å². The molecule has 0 saturated heterocycles. The van der Waals surface area contributed by atoms with Crippen LogP contribution in [0.15, 0.2) is 28.7 Å². The standard InChI is InChI=1S/C14H13ClN4O2/c1-3-20-14-18-12(17-13(16-2)19-14)10-7-8-5-4-6-9(15)11(8)21-10/h4-7H,3H2,1-2H3,(H,16,17,18,19). The summed E-state index contributed by atoms with van der Waals surface area (Å²) >= 11 is 6.11. The van der Waals surface area contributed by atoms with Gasteiger partial charge in [-0.25, -0.2) is 0 Å². The van der Waals surface area contributed by atoms with E-state index >= 15 is 0 Å². The van der Waals surface area contributed by atoms with Gasteiger partial charge in [0.2, 0.25) is 11.8 Å².